The summed E-state index contributed by atoms with van der Waals surface area (Å²) in [5.74, 6) is 0.264. The lowest BCUT2D eigenvalue weighted by Crippen LogP contribution is -2.44. The first-order valence-electron chi connectivity index (χ1n) is 9.01. The fourth-order valence-corrected chi connectivity index (χ4v) is 3.59. The van der Waals surface area contributed by atoms with Gasteiger partial charge in [0.1, 0.15) is 11.4 Å². The molecule has 0 spiro atoms. The van der Waals surface area contributed by atoms with E-state index in [0.717, 1.165) is 17.5 Å². The van der Waals surface area contributed by atoms with Crippen molar-refractivity contribution in [1.82, 2.24) is 19.4 Å². The summed E-state index contributed by atoms with van der Waals surface area (Å²) in [4.78, 5) is 36.2. The third kappa shape index (κ3) is 4.15. The Hall–Kier alpha value is -3.18. The van der Waals surface area contributed by atoms with E-state index in [1.807, 2.05) is 25.1 Å². The molecular formula is C21H21N5O2S. The minimum Gasteiger partial charge on any atom is -0.327 e. The summed E-state index contributed by atoms with van der Waals surface area (Å²) in [5, 5.41) is 10.1. The molecule has 1 amide bonds. The van der Waals surface area contributed by atoms with Gasteiger partial charge in [-0.2, -0.15) is 5.26 Å². The van der Waals surface area contributed by atoms with Crippen molar-refractivity contribution in [2.45, 2.75) is 31.5 Å². The summed E-state index contributed by atoms with van der Waals surface area (Å²) < 4.78 is 1.43. The SMILES string of the molecule is Cc1cccc(-n2c(SCC(=O)N(C)C(C)(C)C#N)nc3ccccc3c2=O)n1. The summed E-state index contributed by atoms with van der Waals surface area (Å²) in [7, 11) is 1.59. The lowest BCUT2D eigenvalue weighted by molar-refractivity contribution is -0.130. The molecule has 0 bridgehead atoms. The standard InChI is InChI=1S/C21H21N5O2S/c1-14-8-7-11-17(23-14)26-19(28)15-9-5-6-10-16(15)24-20(26)29-12-18(27)25(4)21(2,3)13-22/h5-11H,12H2,1-4H3. The number of aryl methyl sites for hydroxylation is 1. The predicted octanol–water partition coefficient (Wildman–Crippen LogP) is 2.94. The van der Waals surface area contributed by atoms with Crippen molar-refractivity contribution in [2.24, 2.45) is 0 Å². The first-order valence-corrected chi connectivity index (χ1v) is 9.99. The van der Waals surface area contributed by atoms with Crippen LogP contribution in [0, 0.1) is 18.3 Å². The Labute approximate surface area is 173 Å². The highest BCUT2D eigenvalue weighted by Gasteiger charge is 2.27. The minimum absolute atomic E-state index is 0.0399. The zero-order chi connectivity index (χ0) is 21.2. The van der Waals surface area contributed by atoms with Crippen LogP contribution in [0.25, 0.3) is 16.7 Å². The molecule has 0 unspecified atom stereocenters. The summed E-state index contributed by atoms with van der Waals surface area (Å²) in [6.07, 6.45) is 0. The first kappa shape index (κ1) is 20.6. The number of aromatic nitrogens is 3. The zero-order valence-corrected chi connectivity index (χ0v) is 17.5. The molecule has 0 N–H and O–H groups in total. The summed E-state index contributed by atoms with van der Waals surface area (Å²) in [6.45, 7) is 5.20. The van der Waals surface area contributed by atoms with Crippen molar-refractivity contribution < 1.29 is 4.79 Å². The van der Waals surface area contributed by atoms with Crippen LogP contribution in [0.4, 0.5) is 0 Å². The van der Waals surface area contributed by atoms with E-state index >= 15 is 0 Å². The number of hydrogen-bond acceptors (Lipinski definition) is 6. The second kappa shape index (κ2) is 8.05. The van der Waals surface area contributed by atoms with Crippen molar-refractivity contribution in [3.8, 4) is 11.9 Å². The topological polar surface area (TPSA) is 91.9 Å². The highest BCUT2D eigenvalue weighted by Crippen LogP contribution is 2.22. The predicted molar refractivity (Wildman–Crippen MR) is 113 cm³/mol. The molecule has 29 heavy (non-hydrogen) atoms. The Morgan fingerprint density at radius 3 is 2.62 bits per heavy atom. The molecule has 148 valence electrons. The van der Waals surface area contributed by atoms with Crippen LogP contribution in [-0.4, -0.2) is 43.7 Å². The molecule has 3 aromatic rings. The average molecular weight is 407 g/mol. The van der Waals surface area contributed by atoms with E-state index in [1.54, 1.807) is 45.2 Å². The van der Waals surface area contributed by atoms with E-state index in [9.17, 15) is 14.9 Å². The van der Waals surface area contributed by atoms with Crippen LogP contribution in [0.15, 0.2) is 52.4 Å². The molecule has 0 aliphatic carbocycles. The van der Waals surface area contributed by atoms with Crippen molar-refractivity contribution >= 4 is 28.6 Å². The molecule has 0 fully saturated rings. The molecule has 1 aromatic carbocycles. The van der Waals surface area contributed by atoms with Gasteiger partial charge in [0.2, 0.25) is 5.91 Å². The number of pyridine rings is 1. The largest absolute Gasteiger partial charge is 0.327 e. The number of thioether (sulfide) groups is 1. The molecular weight excluding hydrogens is 386 g/mol. The van der Waals surface area contributed by atoms with Crippen LogP contribution < -0.4 is 5.56 Å². The number of amides is 1. The third-order valence-electron chi connectivity index (χ3n) is 4.66. The van der Waals surface area contributed by atoms with Gasteiger partial charge in [0.05, 0.1) is 22.7 Å². The molecule has 0 saturated carbocycles. The fourth-order valence-electron chi connectivity index (χ4n) is 2.67. The maximum atomic E-state index is 13.2. The Balaban J connectivity index is 2.05. The van der Waals surface area contributed by atoms with Crippen molar-refractivity contribution in [3.05, 3.63) is 58.5 Å². The number of carbonyl (C=O) groups is 1. The molecule has 2 heterocycles. The quantitative estimate of drug-likeness (QED) is 0.477. The van der Waals surface area contributed by atoms with Crippen LogP contribution in [-0.2, 0) is 4.79 Å². The summed E-state index contributed by atoms with van der Waals surface area (Å²) in [6, 6.07) is 14.6. The van der Waals surface area contributed by atoms with E-state index in [2.05, 4.69) is 16.0 Å². The monoisotopic (exact) mass is 407 g/mol. The summed E-state index contributed by atoms with van der Waals surface area (Å²) in [5.41, 5.74) is 0.160. The van der Waals surface area contributed by atoms with Crippen LogP contribution in [0.3, 0.4) is 0 Å². The molecule has 3 rings (SSSR count). The van der Waals surface area contributed by atoms with Gasteiger partial charge in [0.25, 0.3) is 5.56 Å². The van der Waals surface area contributed by atoms with Gasteiger partial charge < -0.3 is 4.90 Å². The van der Waals surface area contributed by atoms with E-state index in [0.29, 0.717) is 21.9 Å². The van der Waals surface area contributed by atoms with Crippen LogP contribution in [0.5, 0.6) is 0 Å². The second-order valence-corrected chi connectivity index (χ2v) is 8.04. The molecule has 2 aromatic heterocycles. The van der Waals surface area contributed by atoms with E-state index in [4.69, 9.17) is 0 Å². The van der Waals surface area contributed by atoms with Crippen LogP contribution in [0.2, 0.25) is 0 Å². The zero-order valence-electron chi connectivity index (χ0n) is 16.7. The number of fused-ring (bicyclic) bond motifs is 1. The molecule has 0 atom stereocenters. The molecule has 8 heteroatoms. The molecule has 0 aliphatic rings. The Kier molecular flexibility index (Phi) is 5.71. The van der Waals surface area contributed by atoms with Crippen molar-refractivity contribution in [2.75, 3.05) is 12.8 Å². The molecule has 7 nitrogen and oxygen atoms in total. The molecule has 0 radical (unpaired) electrons. The number of rotatable bonds is 5. The fraction of sp³-hybridized carbons (Fsp3) is 0.286. The third-order valence-corrected chi connectivity index (χ3v) is 5.58. The van der Waals surface area contributed by atoms with Gasteiger partial charge in [0, 0.05) is 12.7 Å². The number of para-hydroxylation sites is 1. The Bertz CT molecular complexity index is 1180. The number of nitriles is 1. The summed E-state index contributed by atoms with van der Waals surface area (Å²) >= 11 is 1.15. The highest BCUT2D eigenvalue weighted by atomic mass is 32.2. The lowest BCUT2D eigenvalue weighted by atomic mass is 10.1. The van der Waals surface area contributed by atoms with Gasteiger partial charge in [-0.25, -0.2) is 14.5 Å². The molecule has 0 aliphatic heterocycles. The van der Waals surface area contributed by atoms with E-state index in [-0.39, 0.29) is 17.2 Å². The van der Waals surface area contributed by atoms with Crippen molar-refractivity contribution in [1.29, 1.82) is 5.26 Å². The van der Waals surface area contributed by atoms with Gasteiger partial charge in [-0.05, 0) is 45.0 Å². The number of nitrogens with zero attached hydrogens (tertiary/aromatic N) is 5. The molecule has 0 saturated heterocycles. The van der Waals surface area contributed by atoms with Crippen molar-refractivity contribution in [3.63, 3.8) is 0 Å². The average Bonchev–Trinajstić information content (AvgIpc) is 2.71. The van der Waals surface area contributed by atoms with Gasteiger partial charge in [-0.15, -0.1) is 0 Å². The van der Waals surface area contributed by atoms with E-state index in [1.165, 1.54) is 9.47 Å². The Morgan fingerprint density at radius 1 is 1.21 bits per heavy atom. The maximum absolute atomic E-state index is 13.2. The Morgan fingerprint density at radius 2 is 1.93 bits per heavy atom. The van der Waals surface area contributed by atoms with Gasteiger partial charge in [0.15, 0.2) is 5.16 Å². The van der Waals surface area contributed by atoms with Gasteiger partial charge >= 0.3 is 0 Å². The van der Waals surface area contributed by atoms with E-state index < -0.39 is 5.54 Å². The smallest absolute Gasteiger partial charge is 0.267 e. The van der Waals surface area contributed by atoms with Gasteiger partial charge in [-0.3, -0.25) is 9.59 Å². The number of carbonyl (C=O) groups excluding carboxylic acids is 1. The number of benzene rings is 1. The normalized spacial score (nSPS) is 11.3. The minimum atomic E-state index is -0.924. The van der Waals surface area contributed by atoms with Gasteiger partial charge in [-0.1, -0.05) is 30.0 Å². The second-order valence-electron chi connectivity index (χ2n) is 7.10. The van der Waals surface area contributed by atoms with Crippen LogP contribution in [0.1, 0.15) is 19.5 Å². The first-order chi connectivity index (χ1) is 13.7. The van der Waals surface area contributed by atoms with Crippen LogP contribution >= 0.6 is 11.8 Å². The highest BCUT2D eigenvalue weighted by molar-refractivity contribution is 7.99. The number of hydrogen-bond donors (Lipinski definition) is 0. The maximum Gasteiger partial charge on any atom is 0.267 e. The lowest BCUT2D eigenvalue weighted by Gasteiger charge is -2.29.